The Morgan fingerprint density at radius 2 is 1.81 bits per heavy atom. The van der Waals surface area contributed by atoms with E-state index in [1.54, 1.807) is 24.3 Å². The Labute approximate surface area is 183 Å². The van der Waals surface area contributed by atoms with Gasteiger partial charge in [-0.15, -0.1) is 0 Å². The molecule has 1 aliphatic heterocycles. The average molecular weight is 421 g/mol. The van der Waals surface area contributed by atoms with Crippen molar-refractivity contribution in [2.45, 2.75) is 6.54 Å². The van der Waals surface area contributed by atoms with Gasteiger partial charge in [0, 0.05) is 22.0 Å². The van der Waals surface area contributed by atoms with Crippen molar-refractivity contribution in [3.05, 3.63) is 90.0 Å². The highest BCUT2D eigenvalue weighted by Crippen LogP contribution is 2.36. The summed E-state index contributed by atoms with van der Waals surface area (Å²) in [4.78, 5) is 12.6. The van der Waals surface area contributed by atoms with Crippen molar-refractivity contribution in [1.82, 2.24) is 10.2 Å². The quantitative estimate of drug-likeness (QED) is 0.307. The number of benzene rings is 4. The third-order valence-corrected chi connectivity index (χ3v) is 5.78. The first-order valence-electron chi connectivity index (χ1n) is 10.3. The molecule has 32 heavy (non-hydrogen) atoms. The lowest BCUT2D eigenvalue weighted by Crippen LogP contribution is -2.23. The first-order chi connectivity index (χ1) is 15.7. The van der Waals surface area contributed by atoms with Crippen LogP contribution in [-0.2, 0) is 6.54 Å². The second kappa shape index (κ2) is 7.02. The highest BCUT2D eigenvalue weighted by Gasteiger charge is 2.24. The number of aromatic nitrogens is 2. The molecule has 1 aromatic heterocycles. The minimum Gasteiger partial charge on any atom is -0.508 e. The lowest BCUT2D eigenvalue weighted by atomic mass is 10.1. The fourth-order valence-electron chi connectivity index (χ4n) is 4.15. The summed E-state index contributed by atoms with van der Waals surface area (Å²) in [7, 11) is 0. The number of hydrogen-bond acceptors (Lipinski definition) is 5. The Kier molecular flexibility index (Phi) is 4.01. The Morgan fingerprint density at radius 3 is 2.69 bits per heavy atom. The third-order valence-electron chi connectivity index (χ3n) is 5.78. The van der Waals surface area contributed by atoms with Crippen LogP contribution < -0.4 is 15.8 Å². The van der Waals surface area contributed by atoms with E-state index in [0.29, 0.717) is 17.8 Å². The molecule has 4 aromatic carbocycles. The molecule has 7 heteroatoms. The number of aromatic hydroxyl groups is 1. The van der Waals surface area contributed by atoms with Gasteiger partial charge in [0.05, 0.1) is 17.7 Å². The molecule has 0 aliphatic carbocycles. The lowest BCUT2D eigenvalue weighted by molar-refractivity contribution is 0.102. The SMILES string of the molecule is O=C(Nc1ccc(O)cc1)c1ccc2c(N3Cc4ccc5ccccc5c4N3)n[nH]c2c1. The van der Waals surface area contributed by atoms with Crippen molar-refractivity contribution in [2.75, 3.05) is 15.8 Å². The van der Waals surface area contributed by atoms with Gasteiger partial charge in [0.1, 0.15) is 5.75 Å². The molecule has 0 atom stereocenters. The Bertz CT molecular complexity index is 1490. The van der Waals surface area contributed by atoms with E-state index in [9.17, 15) is 9.90 Å². The fraction of sp³-hybridized carbons (Fsp3) is 0.0400. The van der Waals surface area contributed by atoms with Crippen LogP contribution >= 0.6 is 0 Å². The van der Waals surface area contributed by atoms with E-state index < -0.39 is 0 Å². The predicted octanol–water partition coefficient (Wildman–Crippen LogP) is 5.02. The van der Waals surface area contributed by atoms with Crippen molar-refractivity contribution in [3.63, 3.8) is 0 Å². The maximum absolute atomic E-state index is 12.6. The van der Waals surface area contributed by atoms with E-state index in [4.69, 9.17) is 0 Å². The second-order valence-corrected chi connectivity index (χ2v) is 7.83. The van der Waals surface area contributed by atoms with Crippen LogP contribution in [0.1, 0.15) is 15.9 Å². The van der Waals surface area contributed by atoms with Gasteiger partial charge in [-0.25, -0.2) is 0 Å². The zero-order valence-corrected chi connectivity index (χ0v) is 17.0. The van der Waals surface area contributed by atoms with Crippen molar-refractivity contribution in [2.24, 2.45) is 0 Å². The first-order valence-corrected chi connectivity index (χ1v) is 10.3. The Balaban J connectivity index is 1.28. The molecular weight excluding hydrogens is 402 g/mol. The van der Waals surface area contributed by atoms with Gasteiger partial charge in [0.2, 0.25) is 0 Å². The fourth-order valence-corrected chi connectivity index (χ4v) is 4.15. The second-order valence-electron chi connectivity index (χ2n) is 7.83. The number of anilines is 3. The molecule has 156 valence electrons. The van der Waals surface area contributed by atoms with Gasteiger partial charge >= 0.3 is 0 Å². The molecule has 0 unspecified atom stereocenters. The molecular formula is C25H19N5O2. The van der Waals surface area contributed by atoms with Gasteiger partial charge in [0.25, 0.3) is 5.91 Å². The lowest BCUT2D eigenvalue weighted by Gasteiger charge is -2.16. The molecule has 5 aromatic rings. The average Bonchev–Trinajstić information content (AvgIpc) is 3.44. The molecule has 0 saturated carbocycles. The minimum atomic E-state index is -0.230. The molecule has 0 radical (unpaired) electrons. The molecule has 0 bridgehead atoms. The number of fused-ring (bicyclic) bond motifs is 4. The summed E-state index contributed by atoms with van der Waals surface area (Å²) in [6.45, 7) is 0.698. The van der Waals surface area contributed by atoms with Crippen LogP contribution in [0.15, 0.2) is 78.9 Å². The number of rotatable bonds is 3. The van der Waals surface area contributed by atoms with E-state index in [1.807, 2.05) is 23.2 Å². The smallest absolute Gasteiger partial charge is 0.255 e. The van der Waals surface area contributed by atoms with Crippen molar-refractivity contribution >= 4 is 44.8 Å². The van der Waals surface area contributed by atoms with Gasteiger partial charge in [-0.3, -0.25) is 20.3 Å². The van der Waals surface area contributed by atoms with E-state index in [0.717, 1.165) is 22.4 Å². The summed E-state index contributed by atoms with van der Waals surface area (Å²) in [5, 5.41) is 25.1. The number of hydrazine groups is 1. The van der Waals surface area contributed by atoms with Gasteiger partial charge in [-0.05, 0) is 53.4 Å². The number of hydrogen-bond donors (Lipinski definition) is 4. The number of nitrogens with one attached hydrogen (secondary N) is 3. The van der Waals surface area contributed by atoms with Crippen LogP contribution in [-0.4, -0.2) is 21.2 Å². The monoisotopic (exact) mass is 421 g/mol. The van der Waals surface area contributed by atoms with Gasteiger partial charge in [0.15, 0.2) is 5.82 Å². The van der Waals surface area contributed by atoms with Crippen molar-refractivity contribution < 1.29 is 9.90 Å². The van der Waals surface area contributed by atoms with Crippen LogP contribution in [0.3, 0.4) is 0 Å². The molecule has 1 amide bonds. The number of phenolic OH excluding ortho intramolecular Hbond substituents is 1. The zero-order valence-electron chi connectivity index (χ0n) is 17.0. The summed E-state index contributed by atoms with van der Waals surface area (Å²) in [6, 6.07) is 24.4. The predicted molar refractivity (Wildman–Crippen MR) is 126 cm³/mol. The van der Waals surface area contributed by atoms with Gasteiger partial charge in [-0.1, -0.05) is 36.4 Å². The number of H-pyrrole nitrogens is 1. The van der Waals surface area contributed by atoms with Crippen molar-refractivity contribution in [1.29, 1.82) is 0 Å². The molecule has 4 N–H and O–H groups in total. The number of phenols is 1. The van der Waals surface area contributed by atoms with Crippen LogP contribution in [0.2, 0.25) is 0 Å². The maximum Gasteiger partial charge on any atom is 0.255 e. The number of amides is 1. The largest absolute Gasteiger partial charge is 0.508 e. The summed E-state index contributed by atoms with van der Waals surface area (Å²) >= 11 is 0. The highest BCUT2D eigenvalue weighted by atomic mass is 16.3. The van der Waals surface area contributed by atoms with Gasteiger partial charge in [-0.2, -0.15) is 5.10 Å². The first kappa shape index (κ1) is 18.3. The molecule has 0 saturated heterocycles. The van der Waals surface area contributed by atoms with Crippen LogP contribution in [0.4, 0.5) is 17.2 Å². The molecule has 1 aliphatic rings. The molecule has 0 fully saturated rings. The van der Waals surface area contributed by atoms with Crippen LogP contribution in [0.5, 0.6) is 5.75 Å². The molecule has 0 spiro atoms. The Morgan fingerprint density at radius 1 is 0.969 bits per heavy atom. The number of carbonyl (C=O) groups excluding carboxylic acids is 1. The van der Waals surface area contributed by atoms with E-state index in [1.165, 1.54) is 28.5 Å². The third kappa shape index (κ3) is 2.99. The topological polar surface area (TPSA) is 93.3 Å². The summed E-state index contributed by atoms with van der Waals surface area (Å²) in [5.74, 6) is 0.706. The number of aromatic amines is 1. The standard InChI is InChI=1S/C25H19N5O2/c31-19-10-8-18(9-11-19)26-25(32)16-7-12-21-22(13-16)27-28-24(21)30-14-17-6-5-15-3-1-2-4-20(15)23(17)29-30/h1-13,29,31H,14H2,(H,26,32)(H,27,28). The van der Waals surface area contributed by atoms with E-state index >= 15 is 0 Å². The number of nitrogens with zero attached hydrogens (tertiary/aromatic N) is 2. The summed E-state index contributed by atoms with van der Waals surface area (Å²) in [6.07, 6.45) is 0. The van der Waals surface area contributed by atoms with E-state index in [2.05, 4.69) is 45.2 Å². The number of carbonyl (C=O) groups is 1. The molecule has 2 heterocycles. The van der Waals surface area contributed by atoms with Crippen molar-refractivity contribution in [3.8, 4) is 5.75 Å². The van der Waals surface area contributed by atoms with E-state index in [-0.39, 0.29) is 11.7 Å². The molecule has 6 rings (SSSR count). The maximum atomic E-state index is 12.6. The minimum absolute atomic E-state index is 0.153. The normalized spacial score (nSPS) is 12.7. The zero-order chi connectivity index (χ0) is 21.7. The van der Waals surface area contributed by atoms with Crippen LogP contribution in [0.25, 0.3) is 21.7 Å². The van der Waals surface area contributed by atoms with Crippen LogP contribution in [0, 0.1) is 0 Å². The molecule has 7 nitrogen and oxygen atoms in total. The van der Waals surface area contributed by atoms with Gasteiger partial charge < -0.3 is 10.4 Å². The summed E-state index contributed by atoms with van der Waals surface area (Å²) in [5.41, 5.74) is 7.72. The highest BCUT2D eigenvalue weighted by molar-refractivity contribution is 6.07. The summed E-state index contributed by atoms with van der Waals surface area (Å²) < 4.78 is 0. The Hall–Kier alpha value is -4.52.